The summed E-state index contributed by atoms with van der Waals surface area (Å²) in [6.45, 7) is 3.49. The van der Waals surface area contributed by atoms with Gasteiger partial charge in [-0.15, -0.1) is 23.4 Å². The number of amides is 2. The number of halogens is 3. The minimum absolute atomic E-state index is 0.143. The van der Waals surface area contributed by atoms with Gasteiger partial charge >= 0.3 is 12.4 Å². The van der Waals surface area contributed by atoms with Crippen molar-refractivity contribution in [2.75, 3.05) is 29.9 Å². The van der Waals surface area contributed by atoms with Gasteiger partial charge in [0.25, 0.3) is 0 Å². The second kappa shape index (κ2) is 9.96. The number of urea groups is 1. The van der Waals surface area contributed by atoms with Crippen LogP contribution in [0.2, 0.25) is 0 Å². The number of benzene rings is 3. The van der Waals surface area contributed by atoms with Crippen LogP contribution in [0.4, 0.5) is 29.5 Å². The van der Waals surface area contributed by atoms with Gasteiger partial charge in [0.15, 0.2) is 5.82 Å². The first-order valence-corrected chi connectivity index (χ1v) is 11.8. The summed E-state index contributed by atoms with van der Waals surface area (Å²) in [7, 11) is 0. The average Bonchev–Trinajstić information content (AvgIpc) is 2.88. The number of fused-ring (bicyclic) bond motifs is 1. The Morgan fingerprint density at radius 3 is 2.27 bits per heavy atom. The number of anilines is 2. The van der Waals surface area contributed by atoms with Crippen molar-refractivity contribution in [3.63, 3.8) is 0 Å². The van der Waals surface area contributed by atoms with Gasteiger partial charge < -0.3 is 19.9 Å². The number of nitrogens with one attached hydrogen (secondary N) is 1. The van der Waals surface area contributed by atoms with E-state index < -0.39 is 6.36 Å². The smallest absolute Gasteiger partial charge is 0.406 e. The summed E-state index contributed by atoms with van der Waals surface area (Å²) in [5.74, 6) is 0.418. The molecule has 10 heteroatoms. The molecule has 1 aromatic heterocycles. The van der Waals surface area contributed by atoms with Crippen LogP contribution in [0.3, 0.4) is 0 Å². The molecule has 1 aliphatic heterocycles. The fourth-order valence-electron chi connectivity index (χ4n) is 4.52. The number of hydrogen-bond donors (Lipinski definition) is 1. The normalized spacial score (nSPS) is 16.1. The van der Waals surface area contributed by atoms with Crippen molar-refractivity contribution in [2.24, 2.45) is 0 Å². The fourth-order valence-corrected chi connectivity index (χ4v) is 4.52. The van der Waals surface area contributed by atoms with Gasteiger partial charge in [-0.1, -0.05) is 54.6 Å². The first-order valence-electron chi connectivity index (χ1n) is 11.8. The zero-order chi connectivity index (χ0) is 26.0. The number of carbonyl (C=O) groups is 1. The molecule has 7 nitrogen and oxygen atoms in total. The highest BCUT2D eigenvalue weighted by Gasteiger charge is 2.31. The molecule has 4 aromatic rings. The maximum absolute atomic E-state index is 12.9. The molecule has 190 valence electrons. The molecule has 1 saturated heterocycles. The lowest BCUT2D eigenvalue weighted by atomic mass is 10.0. The molecule has 0 spiro atoms. The summed E-state index contributed by atoms with van der Waals surface area (Å²) in [6.07, 6.45) is -4.77. The molecule has 2 heterocycles. The molecule has 1 N–H and O–H groups in total. The monoisotopic (exact) mass is 507 g/mol. The van der Waals surface area contributed by atoms with Crippen LogP contribution in [0.15, 0.2) is 78.9 Å². The highest BCUT2D eigenvalue weighted by molar-refractivity contribution is 6.00. The van der Waals surface area contributed by atoms with Crippen molar-refractivity contribution < 1.29 is 22.7 Å². The van der Waals surface area contributed by atoms with Crippen LogP contribution < -0.4 is 15.0 Å². The van der Waals surface area contributed by atoms with Gasteiger partial charge in [0.2, 0.25) is 0 Å². The predicted octanol–water partition coefficient (Wildman–Crippen LogP) is 5.94. The lowest BCUT2D eigenvalue weighted by Gasteiger charge is -2.40. The summed E-state index contributed by atoms with van der Waals surface area (Å²) in [4.78, 5) is 16.7. The first kappa shape index (κ1) is 24.4. The third-order valence-electron chi connectivity index (χ3n) is 6.24. The lowest BCUT2D eigenvalue weighted by Crippen LogP contribution is -2.55. The number of ether oxygens (including phenoxy) is 1. The largest absolute Gasteiger partial charge is 0.573 e. The van der Waals surface area contributed by atoms with E-state index in [0.29, 0.717) is 25.3 Å². The molecule has 0 radical (unpaired) electrons. The van der Waals surface area contributed by atoms with Gasteiger partial charge in [0.05, 0.1) is 0 Å². The Kier molecular flexibility index (Phi) is 6.56. The van der Waals surface area contributed by atoms with Crippen LogP contribution in [-0.4, -0.2) is 53.2 Å². The van der Waals surface area contributed by atoms with E-state index in [-0.39, 0.29) is 17.8 Å². The molecule has 1 fully saturated rings. The summed E-state index contributed by atoms with van der Waals surface area (Å²) in [5.41, 5.74) is 2.19. The second-order valence-electron chi connectivity index (χ2n) is 8.77. The van der Waals surface area contributed by atoms with E-state index >= 15 is 0 Å². The maximum atomic E-state index is 12.9. The minimum Gasteiger partial charge on any atom is -0.406 e. The summed E-state index contributed by atoms with van der Waals surface area (Å²) in [5, 5.41) is 13.9. The summed E-state index contributed by atoms with van der Waals surface area (Å²) in [6, 6.07) is 22.5. The molecule has 0 aliphatic carbocycles. The number of carbonyl (C=O) groups excluding carboxylic acids is 1. The number of rotatable bonds is 4. The topological polar surface area (TPSA) is 70.6 Å². The van der Waals surface area contributed by atoms with E-state index in [0.717, 1.165) is 40.0 Å². The Morgan fingerprint density at radius 2 is 1.59 bits per heavy atom. The average molecular weight is 508 g/mol. The predicted molar refractivity (Wildman–Crippen MR) is 135 cm³/mol. The lowest BCUT2D eigenvalue weighted by molar-refractivity contribution is -0.274. The van der Waals surface area contributed by atoms with Gasteiger partial charge in [0, 0.05) is 47.7 Å². The highest BCUT2D eigenvalue weighted by Crippen LogP contribution is 2.32. The molecule has 1 aliphatic rings. The summed E-state index contributed by atoms with van der Waals surface area (Å²) >= 11 is 0. The Labute approximate surface area is 211 Å². The van der Waals surface area contributed by atoms with Crippen LogP contribution >= 0.6 is 0 Å². The van der Waals surface area contributed by atoms with Crippen LogP contribution in [-0.2, 0) is 0 Å². The van der Waals surface area contributed by atoms with Gasteiger partial charge in [-0.05, 0) is 31.2 Å². The van der Waals surface area contributed by atoms with E-state index in [9.17, 15) is 18.0 Å². The van der Waals surface area contributed by atoms with E-state index in [4.69, 9.17) is 0 Å². The van der Waals surface area contributed by atoms with Gasteiger partial charge in [0.1, 0.15) is 11.4 Å². The van der Waals surface area contributed by atoms with E-state index in [2.05, 4.69) is 25.2 Å². The number of alkyl halides is 3. The van der Waals surface area contributed by atoms with Crippen molar-refractivity contribution in [1.82, 2.24) is 15.1 Å². The molecule has 37 heavy (non-hydrogen) atoms. The summed E-state index contributed by atoms with van der Waals surface area (Å²) < 4.78 is 41.0. The Morgan fingerprint density at radius 1 is 0.919 bits per heavy atom. The minimum atomic E-state index is -4.77. The standard InChI is InChI=1S/C27H24F3N5O2/c1-18-17-34(15-16-35(18)26(36)31-20-11-13-21(14-12-20)37-27(28,29)30)25-23-10-6-5-9-22(23)24(32-33-25)19-7-3-2-4-8-19/h2-14,18H,15-17H2,1H3,(H,31,36)/t18-/m0/s1. The number of hydrogen-bond acceptors (Lipinski definition) is 5. The quantitative estimate of drug-likeness (QED) is 0.370. The third kappa shape index (κ3) is 5.42. The molecule has 0 saturated carbocycles. The number of piperazine rings is 1. The second-order valence-corrected chi connectivity index (χ2v) is 8.77. The molecule has 5 rings (SSSR count). The molecule has 0 bridgehead atoms. The molecule has 2 amide bonds. The Hall–Kier alpha value is -4.34. The van der Waals surface area contributed by atoms with Crippen molar-refractivity contribution >= 4 is 28.3 Å². The molecule has 1 atom stereocenters. The van der Waals surface area contributed by atoms with Crippen LogP contribution in [0, 0.1) is 0 Å². The van der Waals surface area contributed by atoms with Crippen LogP contribution in [0.1, 0.15) is 6.92 Å². The van der Waals surface area contributed by atoms with E-state index in [1.54, 1.807) is 4.90 Å². The number of aromatic nitrogens is 2. The van der Waals surface area contributed by atoms with E-state index in [1.807, 2.05) is 61.5 Å². The van der Waals surface area contributed by atoms with Crippen molar-refractivity contribution in [3.8, 4) is 17.0 Å². The van der Waals surface area contributed by atoms with Crippen molar-refractivity contribution in [3.05, 3.63) is 78.9 Å². The zero-order valence-corrected chi connectivity index (χ0v) is 19.9. The Bertz CT molecular complexity index is 1400. The van der Waals surface area contributed by atoms with Gasteiger partial charge in [-0.25, -0.2) is 4.79 Å². The van der Waals surface area contributed by atoms with E-state index in [1.165, 1.54) is 12.1 Å². The van der Waals surface area contributed by atoms with Gasteiger partial charge in [-0.3, -0.25) is 0 Å². The highest BCUT2D eigenvalue weighted by atomic mass is 19.4. The zero-order valence-electron chi connectivity index (χ0n) is 19.9. The molecule has 0 unspecified atom stereocenters. The van der Waals surface area contributed by atoms with Crippen LogP contribution in [0.25, 0.3) is 22.0 Å². The molecular weight excluding hydrogens is 483 g/mol. The van der Waals surface area contributed by atoms with Crippen molar-refractivity contribution in [1.29, 1.82) is 0 Å². The molecule has 3 aromatic carbocycles. The third-order valence-corrected chi connectivity index (χ3v) is 6.24. The Balaban J connectivity index is 1.29. The SMILES string of the molecule is C[C@H]1CN(c2nnc(-c3ccccc3)c3ccccc23)CCN1C(=O)Nc1ccc(OC(F)(F)F)cc1. The van der Waals surface area contributed by atoms with Gasteiger partial charge in [-0.2, -0.15) is 0 Å². The molecular formula is C27H24F3N5O2. The van der Waals surface area contributed by atoms with Crippen molar-refractivity contribution in [2.45, 2.75) is 19.3 Å². The van der Waals surface area contributed by atoms with Crippen LogP contribution in [0.5, 0.6) is 5.75 Å². The number of nitrogens with zero attached hydrogens (tertiary/aromatic N) is 4. The first-order chi connectivity index (χ1) is 17.8. The fraction of sp³-hybridized carbons (Fsp3) is 0.222. The maximum Gasteiger partial charge on any atom is 0.573 e.